The molecule has 0 aromatic heterocycles. The molecule has 1 fully saturated rings. The average molecular weight is 415 g/mol. The SMILES string of the molecule is Nc1ccccc1NC(=O)c1ccc(CNC(=O)OCc2cccc(C3CC3)c2)cc1. The lowest BCUT2D eigenvalue weighted by Crippen LogP contribution is -2.23. The van der Waals surface area contributed by atoms with Crippen LogP contribution in [0, 0.1) is 0 Å². The van der Waals surface area contributed by atoms with E-state index in [1.54, 1.807) is 36.4 Å². The number of nitrogen functional groups attached to an aromatic ring is 1. The van der Waals surface area contributed by atoms with Crippen LogP contribution >= 0.6 is 0 Å². The van der Waals surface area contributed by atoms with E-state index < -0.39 is 6.09 Å². The normalized spacial score (nSPS) is 12.8. The second-order valence-corrected chi connectivity index (χ2v) is 7.69. The molecule has 1 aliphatic rings. The number of carbonyl (C=O) groups excluding carboxylic acids is 2. The van der Waals surface area contributed by atoms with Crippen LogP contribution in [0.25, 0.3) is 0 Å². The van der Waals surface area contributed by atoms with E-state index in [0.717, 1.165) is 11.1 Å². The van der Waals surface area contributed by atoms with Crippen molar-refractivity contribution < 1.29 is 14.3 Å². The zero-order valence-electron chi connectivity index (χ0n) is 17.1. The fourth-order valence-corrected chi connectivity index (χ4v) is 3.31. The minimum absolute atomic E-state index is 0.244. The summed E-state index contributed by atoms with van der Waals surface area (Å²) in [4.78, 5) is 24.4. The van der Waals surface area contributed by atoms with Crippen molar-refractivity contribution in [3.63, 3.8) is 0 Å². The maximum Gasteiger partial charge on any atom is 0.407 e. The summed E-state index contributed by atoms with van der Waals surface area (Å²) >= 11 is 0. The molecule has 3 aromatic rings. The molecule has 1 saturated carbocycles. The number of hydrogen-bond donors (Lipinski definition) is 3. The largest absolute Gasteiger partial charge is 0.445 e. The van der Waals surface area contributed by atoms with Crippen molar-refractivity contribution in [3.05, 3.63) is 95.1 Å². The van der Waals surface area contributed by atoms with Gasteiger partial charge in [-0.05, 0) is 59.7 Å². The maximum absolute atomic E-state index is 12.4. The molecule has 0 radical (unpaired) electrons. The molecule has 4 N–H and O–H groups in total. The highest BCUT2D eigenvalue weighted by atomic mass is 16.5. The molecular weight excluding hydrogens is 390 g/mol. The zero-order valence-corrected chi connectivity index (χ0v) is 17.1. The van der Waals surface area contributed by atoms with E-state index in [2.05, 4.69) is 22.8 Å². The Balaban J connectivity index is 1.24. The first-order chi connectivity index (χ1) is 15.1. The van der Waals surface area contributed by atoms with E-state index in [4.69, 9.17) is 10.5 Å². The summed E-state index contributed by atoms with van der Waals surface area (Å²) in [5, 5.41) is 5.53. The predicted octanol–water partition coefficient (Wildman–Crippen LogP) is 4.82. The molecule has 1 aliphatic carbocycles. The highest BCUT2D eigenvalue weighted by Crippen LogP contribution is 2.40. The third kappa shape index (κ3) is 5.63. The number of amides is 2. The smallest absolute Gasteiger partial charge is 0.407 e. The molecule has 2 amide bonds. The Labute approximate surface area is 181 Å². The summed E-state index contributed by atoms with van der Waals surface area (Å²) in [6.07, 6.45) is 2.01. The number of hydrogen-bond acceptors (Lipinski definition) is 4. The van der Waals surface area contributed by atoms with Gasteiger partial charge in [-0.25, -0.2) is 4.79 Å². The van der Waals surface area contributed by atoms with E-state index in [1.165, 1.54) is 18.4 Å². The van der Waals surface area contributed by atoms with Gasteiger partial charge in [0.25, 0.3) is 5.91 Å². The van der Waals surface area contributed by atoms with E-state index in [0.29, 0.717) is 29.4 Å². The lowest BCUT2D eigenvalue weighted by Gasteiger charge is -2.10. The van der Waals surface area contributed by atoms with Crippen LogP contribution < -0.4 is 16.4 Å². The summed E-state index contributed by atoms with van der Waals surface area (Å²) < 4.78 is 5.32. The number of alkyl carbamates (subject to hydrolysis) is 1. The van der Waals surface area contributed by atoms with Gasteiger partial charge in [0, 0.05) is 12.1 Å². The second kappa shape index (κ2) is 9.34. The molecule has 3 aromatic carbocycles. The first-order valence-electron chi connectivity index (χ1n) is 10.3. The second-order valence-electron chi connectivity index (χ2n) is 7.69. The Morgan fingerprint density at radius 3 is 2.45 bits per heavy atom. The highest BCUT2D eigenvalue weighted by molar-refractivity contribution is 6.05. The summed E-state index contributed by atoms with van der Waals surface area (Å²) in [6, 6.07) is 22.3. The van der Waals surface area contributed by atoms with Crippen LogP contribution in [-0.2, 0) is 17.9 Å². The number of ether oxygens (including phenoxy) is 1. The fourth-order valence-electron chi connectivity index (χ4n) is 3.31. The molecule has 4 rings (SSSR count). The standard InChI is InChI=1S/C25H25N3O3/c26-22-6-1-2-7-23(22)28-24(29)20-10-8-17(9-11-20)15-27-25(30)31-16-18-4-3-5-21(14-18)19-12-13-19/h1-11,14,19H,12-13,15-16,26H2,(H,27,30)(H,28,29). The van der Waals surface area contributed by atoms with Crippen molar-refractivity contribution in [1.29, 1.82) is 0 Å². The summed E-state index contributed by atoms with van der Waals surface area (Å²) in [5.41, 5.74) is 10.6. The van der Waals surface area contributed by atoms with Gasteiger partial charge >= 0.3 is 6.09 Å². The van der Waals surface area contributed by atoms with Crippen LogP contribution in [0.2, 0.25) is 0 Å². The molecule has 0 aliphatic heterocycles. The van der Waals surface area contributed by atoms with Crippen molar-refractivity contribution in [2.45, 2.75) is 31.9 Å². The maximum atomic E-state index is 12.4. The Morgan fingerprint density at radius 1 is 0.935 bits per heavy atom. The number of benzene rings is 3. The summed E-state index contributed by atoms with van der Waals surface area (Å²) in [7, 11) is 0. The lowest BCUT2D eigenvalue weighted by atomic mass is 10.1. The summed E-state index contributed by atoms with van der Waals surface area (Å²) in [5.74, 6) is 0.425. The van der Waals surface area contributed by atoms with Crippen molar-refractivity contribution in [3.8, 4) is 0 Å². The summed E-state index contributed by atoms with van der Waals surface area (Å²) in [6.45, 7) is 0.558. The molecule has 158 valence electrons. The van der Waals surface area contributed by atoms with Crippen LogP contribution in [0.3, 0.4) is 0 Å². The van der Waals surface area contributed by atoms with Crippen LogP contribution in [-0.4, -0.2) is 12.0 Å². The van der Waals surface area contributed by atoms with E-state index in [1.807, 2.05) is 24.3 Å². The van der Waals surface area contributed by atoms with Crippen LogP contribution in [0.1, 0.15) is 45.8 Å². The molecule has 31 heavy (non-hydrogen) atoms. The van der Waals surface area contributed by atoms with Crippen molar-refractivity contribution in [1.82, 2.24) is 5.32 Å². The third-order valence-electron chi connectivity index (χ3n) is 5.23. The number of para-hydroxylation sites is 2. The topological polar surface area (TPSA) is 93.5 Å². The Bertz CT molecular complexity index is 1080. The van der Waals surface area contributed by atoms with Crippen molar-refractivity contribution in [2.75, 3.05) is 11.1 Å². The number of rotatable bonds is 7. The van der Waals surface area contributed by atoms with Gasteiger partial charge in [-0.2, -0.15) is 0 Å². The molecule has 6 heteroatoms. The van der Waals surface area contributed by atoms with Gasteiger partial charge in [0.1, 0.15) is 6.61 Å². The predicted molar refractivity (Wildman–Crippen MR) is 121 cm³/mol. The highest BCUT2D eigenvalue weighted by Gasteiger charge is 2.23. The minimum atomic E-state index is -0.474. The van der Waals surface area contributed by atoms with Crippen LogP contribution in [0.4, 0.5) is 16.2 Å². The first kappa shape index (κ1) is 20.5. The Hall–Kier alpha value is -3.80. The van der Waals surface area contributed by atoms with E-state index in [-0.39, 0.29) is 12.5 Å². The van der Waals surface area contributed by atoms with Gasteiger partial charge in [0.15, 0.2) is 0 Å². The minimum Gasteiger partial charge on any atom is -0.445 e. The number of carbonyl (C=O) groups is 2. The molecule has 0 spiro atoms. The van der Waals surface area contributed by atoms with Crippen molar-refractivity contribution >= 4 is 23.4 Å². The molecule has 0 unspecified atom stereocenters. The third-order valence-corrected chi connectivity index (χ3v) is 5.23. The quantitative estimate of drug-likeness (QED) is 0.482. The molecule has 0 heterocycles. The van der Waals surface area contributed by atoms with Crippen molar-refractivity contribution in [2.24, 2.45) is 0 Å². The average Bonchev–Trinajstić information content (AvgIpc) is 3.64. The van der Waals surface area contributed by atoms with E-state index in [9.17, 15) is 9.59 Å². The van der Waals surface area contributed by atoms with Gasteiger partial charge in [0.2, 0.25) is 0 Å². The fraction of sp³-hybridized carbons (Fsp3) is 0.200. The van der Waals surface area contributed by atoms with Gasteiger partial charge in [0.05, 0.1) is 11.4 Å². The molecule has 0 atom stereocenters. The Kier molecular flexibility index (Phi) is 6.17. The van der Waals surface area contributed by atoms with E-state index >= 15 is 0 Å². The zero-order chi connectivity index (χ0) is 21.6. The molecule has 0 bridgehead atoms. The number of nitrogens with one attached hydrogen (secondary N) is 2. The lowest BCUT2D eigenvalue weighted by molar-refractivity contribution is 0.102. The molecular formula is C25H25N3O3. The first-order valence-corrected chi connectivity index (χ1v) is 10.3. The van der Waals surface area contributed by atoms with Gasteiger partial charge < -0.3 is 21.1 Å². The Morgan fingerprint density at radius 2 is 1.71 bits per heavy atom. The molecule has 0 saturated heterocycles. The number of nitrogens with two attached hydrogens (primary N) is 1. The van der Waals surface area contributed by atoms with Crippen LogP contribution in [0.15, 0.2) is 72.8 Å². The van der Waals surface area contributed by atoms with Gasteiger partial charge in [-0.1, -0.05) is 48.5 Å². The van der Waals surface area contributed by atoms with Crippen LogP contribution in [0.5, 0.6) is 0 Å². The number of anilines is 2. The van der Waals surface area contributed by atoms with Gasteiger partial charge in [-0.15, -0.1) is 0 Å². The molecule has 6 nitrogen and oxygen atoms in total. The van der Waals surface area contributed by atoms with Gasteiger partial charge in [-0.3, -0.25) is 4.79 Å². The monoisotopic (exact) mass is 415 g/mol.